The number of nitrogens with one attached hydrogen (secondary N) is 3. The molecule has 1 aromatic heterocycles. The second-order valence-corrected chi connectivity index (χ2v) is 12.4. The Kier molecular flexibility index (Phi) is 14.1. The van der Waals surface area contributed by atoms with Crippen LogP contribution in [0.1, 0.15) is 99.4 Å². The minimum absolute atomic E-state index is 0.210. The number of rotatable bonds is 18. The van der Waals surface area contributed by atoms with Gasteiger partial charge in [0.05, 0.1) is 30.2 Å². The predicted molar refractivity (Wildman–Crippen MR) is 187 cm³/mol. The SMILES string of the molecule is CCC(=O)CCCCCCCCCN1CCC(c2ccc(Nc3ncc(Cl)c(Nc4ccccc4C(=O)NC)n3)c(OC)c2)CC1. The van der Waals surface area contributed by atoms with E-state index in [1.54, 1.807) is 32.4 Å². The number of aromatic nitrogens is 2. The highest BCUT2D eigenvalue weighted by Crippen LogP contribution is 2.35. The van der Waals surface area contributed by atoms with Gasteiger partial charge in [-0.25, -0.2) is 4.98 Å². The summed E-state index contributed by atoms with van der Waals surface area (Å²) in [5.74, 6) is 2.16. The minimum atomic E-state index is -0.210. The van der Waals surface area contributed by atoms with Crippen LogP contribution in [0.2, 0.25) is 5.02 Å². The highest BCUT2D eigenvalue weighted by atomic mass is 35.5. The third kappa shape index (κ3) is 10.4. The van der Waals surface area contributed by atoms with Crippen molar-refractivity contribution < 1.29 is 14.3 Å². The molecule has 1 aliphatic rings. The number of halogens is 1. The summed E-state index contributed by atoms with van der Waals surface area (Å²) in [7, 11) is 3.26. The number of amides is 1. The lowest BCUT2D eigenvalue weighted by molar-refractivity contribution is -0.118. The van der Waals surface area contributed by atoms with Gasteiger partial charge < -0.3 is 25.6 Å². The van der Waals surface area contributed by atoms with Gasteiger partial charge in [0, 0.05) is 19.9 Å². The van der Waals surface area contributed by atoms with Crippen LogP contribution in [0.25, 0.3) is 0 Å². The molecular formula is C36H49ClN6O3. The van der Waals surface area contributed by atoms with Crippen molar-refractivity contribution in [2.24, 2.45) is 0 Å². The number of benzene rings is 2. The van der Waals surface area contributed by atoms with Crippen LogP contribution in [-0.2, 0) is 4.79 Å². The number of Topliss-reactive ketones (excluding diaryl/α,β-unsaturated/α-hetero) is 1. The van der Waals surface area contributed by atoms with Gasteiger partial charge in [0.15, 0.2) is 5.82 Å². The molecule has 0 bridgehead atoms. The van der Waals surface area contributed by atoms with Crippen molar-refractivity contribution in [3.8, 4) is 5.75 Å². The number of methoxy groups -OCH3 is 1. The molecule has 4 rings (SSSR count). The fourth-order valence-corrected chi connectivity index (χ4v) is 6.10. The lowest BCUT2D eigenvalue weighted by atomic mass is 9.89. The number of piperidine rings is 1. The standard InChI is InChI=1S/C36H49ClN6O3/c1-4-28(44)14-10-8-6-5-7-9-13-21-43-22-19-26(20-23-43)27-17-18-32(33(24-27)46-3)41-36-39-25-30(37)34(42-36)40-31-16-12-11-15-29(31)35(45)38-2/h11-12,15-18,24-26H,4-10,13-14,19-23H2,1-3H3,(H,38,45)(H2,39,40,41,42). The van der Waals surface area contributed by atoms with Crippen LogP contribution in [0.5, 0.6) is 5.75 Å². The average molecular weight is 649 g/mol. The van der Waals surface area contributed by atoms with E-state index in [2.05, 4.69) is 43.0 Å². The van der Waals surface area contributed by atoms with E-state index in [1.165, 1.54) is 56.8 Å². The number of carbonyl (C=O) groups excluding carboxylic acids is 2. The molecule has 10 heteroatoms. The smallest absolute Gasteiger partial charge is 0.253 e. The predicted octanol–water partition coefficient (Wildman–Crippen LogP) is 8.26. The van der Waals surface area contributed by atoms with Gasteiger partial charge >= 0.3 is 0 Å². The van der Waals surface area contributed by atoms with E-state index in [1.807, 2.05) is 19.1 Å². The lowest BCUT2D eigenvalue weighted by Crippen LogP contribution is -2.33. The molecule has 46 heavy (non-hydrogen) atoms. The Morgan fingerprint density at radius 2 is 1.67 bits per heavy atom. The van der Waals surface area contributed by atoms with Gasteiger partial charge in [-0.3, -0.25) is 9.59 Å². The number of likely N-dealkylation sites (tertiary alicyclic amines) is 1. The highest BCUT2D eigenvalue weighted by Gasteiger charge is 2.22. The average Bonchev–Trinajstić information content (AvgIpc) is 3.09. The molecule has 1 saturated heterocycles. The highest BCUT2D eigenvalue weighted by molar-refractivity contribution is 6.33. The van der Waals surface area contributed by atoms with Crippen LogP contribution < -0.4 is 20.7 Å². The van der Waals surface area contributed by atoms with Crippen molar-refractivity contribution in [1.82, 2.24) is 20.2 Å². The van der Waals surface area contributed by atoms with Gasteiger partial charge in [-0.1, -0.05) is 68.8 Å². The van der Waals surface area contributed by atoms with E-state index in [9.17, 15) is 9.59 Å². The topological polar surface area (TPSA) is 108 Å². The van der Waals surface area contributed by atoms with Crippen LogP contribution in [0, 0.1) is 0 Å². The fraction of sp³-hybridized carbons (Fsp3) is 0.500. The summed E-state index contributed by atoms with van der Waals surface area (Å²) in [6.07, 6.45) is 13.9. The van der Waals surface area contributed by atoms with Crippen LogP contribution in [0.4, 0.5) is 23.1 Å². The van der Waals surface area contributed by atoms with Gasteiger partial charge in [0.25, 0.3) is 5.91 Å². The van der Waals surface area contributed by atoms with E-state index in [0.29, 0.717) is 46.2 Å². The molecule has 0 aliphatic carbocycles. The number of hydrogen-bond acceptors (Lipinski definition) is 8. The maximum absolute atomic E-state index is 12.3. The molecule has 0 atom stereocenters. The largest absolute Gasteiger partial charge is 0.495 e. The molecule has 3 N–H and O–H groups in total. The third-order valence-electron chi connectivity index (χ3n) is 8.75. The Labute approximate surface area is 278 Å². The van der Waals surface area contributed by atoms with E-state index in [4.69, 9.17) is 16.3 Å². The molecule has 248 valence electrons. The fourth-order valence-electron chi connectivity index (χ4n) is 5.96. The number of anilines is 4. The second-order valence-electron chi connectivity index (χ2n) is 12.0. The maximum atomic E-state index is 12.3. The van der Waals surface area contributed by atoms with Crippen molar-refractivity contribution in [3.05, 3.63) is 64.8 Å². The van der Waals surface area contributed by atoms with Crippen molar-refractivity contribution in [1.29, 1.82) is 0 Å². The quantitative estimate of drug-likeness (QED) is 0.118. The number of ketones is 1. The van der Waals surface area contributed by atoms with E-state index >= 15 is 0 Å². The van der Waals surface area contributed by atoms with Crippen molar-refractivity contribution >= 4 is 46.4 Å². The van der Waals surface area contributed by atoms with Gasteiger partial charge in [-0.2, -0.15) is 4.98 Å². The third-order valence-corrected chi connectivity index (χ3v) is 9.03. The maximum Gasteiger partial charge on any atom is 0.253 e. The number of hydrogen-bond donors (Lipinski definition) is 3. The van der Waals surface area contributed by atoms with Crippen LogP contribution in [-0.4, -0.2) is 60.4 Å². The molecule has 3 aromatic rings. The summed E-state index contributed by atoms with van der Waals surface area (Å²) >= 11 is 6.41. The number of nitrogens with zero attached hydrogens (tertiary/aromatic N) is 3. The Morgan fingerprint density at radius 1 is 0.957 bits per heavy atom. The molecule has 1 fully saturated rings. The van der Waals surface area contributed by atoms with Crippen LogP contribution in [0.15, 0.2) is 48.7 Å². The van der Waals surface area contributed by atoms with Gasteiger partial charge in [-0.15, -0.1) is 0 Å². The Bertz CT molecular complexity index is 1430. The molecular weight excluding hydrogens is 600 g/mol. The minimum Gasteiger partial charge on any atom is -0.495 e. The van der Waals surface area contributed by atoms with E-state index < -0.39 is 0 Å². The van der Waals surface area contributed by atoms with Gasteiger partial charge in [0.1, 0.15) is 16.6 Å². The summed E-state index contributed by atoms with van der Waals surface area (Å²) in [5.41, 5.74) is 3.12. The van der Waals surface area contributed by atoms with E-state index in [0.717, 1.165) is 50.2 Å². The van der Waals surface area contributed by atoms with Gasteiger partial charge in [0.2, 0.25) is 5.95 Å². The van der Waals surface area contributed by atoms with Crippen LogP contribution >= 0.6 is 11.6 Å². The summed E-state index contributed by atoms with van der Waals surface area (Å²) in [5, 5.41) is 9.42. The monoisotopic (exact) mass is 648 g/mol. The van der Waals surface area contributed by atoms with Crippen molar-refractivity contribution in [2.45, 2.75) is 83.5 Å². The van der Waals surface area contributed by atoms with Gasteiger partial charge in [-0.05, 0) is 81.1 Å². The summed E-state index contributed by atoms with van der Waals surface area (Å²) < 4.78 is 5.77. The zero-order valence-corrected chi connectivity index (χ0v) is 28.3. The van der Waals surface area contributed by atoms with Crippen LogP contribution in [0.3, 0.4) is 0 Å². The Balaban J connectivity index is 1.25. The first-order valence-corrected chi connectivity index (χ1v) is 17.1. The molecule has 0 radical (unpaired) electrons. The Morgan fingerprint density at radius 3 is 2.39 bits per heavy atom. The first-order chi connectivity index (χ1) is 22.4. The first-order valence-electron chi connectivity index (χ1n) is 16.7. The second kappa shape index (κ2) is 18.5. The number of ether oxygens (including phenoxy) is 1. The number of carbonyl (C=O) groups is 2. The van der Waals surface area contributed by atoms with Crippen molar-refractivity contribution in [2.75, 3.05) is 44.4 Å². The Hall–Kier alpha value is -3.69. The molecule has 2 heterocycles. The molecule has 9 nitrogen and oxygen atoms in total. The molecule has 1 aliphatic heterocycles. The number of para-hydroxylation sites is 1. The summed E-state index contributed by atoms with van der Waals surface area (Å²) in [4.78, 5) is 35.3. The molecule has 0 saturated carbocycles. The number of unbranched alkanes of at least 4 members (excludes halogenated alkanes) is 6. The molecule has 0 unspecified atom stereocenters. The summed E-state index contributed by atoms with van der Waals surface area (Å²) in [6.45, 7) is 5.37. The van der Waals surface area contributed by atoms with E-state index in [-0.39, 0.29) is 5.91 Å². The summed E-state index contributed by atoms with van der Waals surface area (Å²) in [6, 6.07) is 13.5. The zero-order valence-electron chi connectivity index (χ0n) is 27.5. The lowest BCUT2D eigenvalue weighted by Gasteiger charge is -2.32. The van der Waals surface area contributed by atoms with Crippen molar-refractivity contribution in [3.63, 3.8) is 0 Å². The molecule has 0 spiro atoms. The normalized spacial score (nSPS) is 13.7. The zero-order chi connectivity index (χ0) is 32.7. The molecule has 1 amide bonds. The molecule has 2 aromatic carbocycles. The first kappa shape index (κ1) is 35.2.